The third kappa shape index (κ3) is 6.48. The number of ether oxygens (including phenoxy) is 1. The number of thiazole rings is 1. The van der Waals surface area contributed by atoms with Crippen LogP contribution < -0.4 is 5.32 Å². The predicted molar refractivity (Wildman–Crippen MR) is 139 cm³/mol. The molecule has 1 N–H and O–H groups in total. The van der Waals surface area contributed by atoms with Crippen LogP contribution in [0, 0.1) is 0 Å². The molecule has 3 amide bonds. The summed E-state index contributed by atoms with van der Waals surface area (Å²) in [6.45, 7) is 1.59. The van der Waals surface area contributed by atoms with E-state index in [1.54, 1.807) is 29.6 Å². The molecule has 0 fully saturated rings. The van der Waals surface area contributed by atoms with Gasteiger partial charge in [-0.1, -0.05) is 48.0 Å². The number of fused-ring (bicyclic) bond motifs is 1. The van der Waals surface area contributed by atoms with Crippen molar-refractivity contribution in [3.05, 3.63) is 81.3 Å². The maximum absolute atomic E-state index is 13.0. The maximum Gasteiger partial charge on any atom is 0.255 e. The fraction of sp³-hybridized carbons (Fsp3) is 0.308. The molecule has 2 aromatic carbocycles. The average molecular weight is 527 g/mol. The van der Waals surface area contributed by atoms with Crippen LogP contribution >= 0.6 is 22.9 Å². The number of nitrogens with one attached hydrogen (secondary N) is 1. The van der Waals surface area contributed by atoms with Crippen molar-refractivity contribution in [3.8, 4) is 0 Å². The van der Waals surface area contributed by atoms with Gasteiger partial charge in [0, 0.05) is 32.1 Å². The number of benzene rings is 2. The number of carbonyl (C=O) groups excluding carboxylic acids is 3. The zero-order chi connectivity index (χ0) is 25.5. The molecule has 0 spiro atoms. The molecule has 1 aromatic heterocycles. The van der Waals surface area contributed by atoms with Crippen LogP contribution in [0.3, 0.4) is 0 Å². The van der Waals surface area contributed by atoms with Crippen molar-refractivity contribution in [3.63, 3.8) is 0 Å². The van der Waals surface area contributed by atoms with Gasteiger partial charge >= 0.3 is 0 Å². The number of rotatable bonds is 9. The van der Waals surface area contributed by atoms with Crippen molar-refractivity contribution >= 4 is 45.8 Å². The fourth-order valence-electron chi connectivity index (χ4n) is 4.01. The van der Waals surface area contributed by atoms with Gasteiger partial charge in [-0.15, -0.1) is 11.3 Å². The number of anilines is 1. The first-order chi connectivity index (χ1) is 17.4. The van der Waals surface area contributed by atoms with Crippen LogP contribution in [0.1, 0.15) is 27.2 Å². The molecule has 1 aliphatic rings. The summed E-state index contributed by atoms with van der Waals surface area (Å²) >= 11 is 7.41. The Kier molecular flexibility index (Phi) is 8.69. The summed E-state index contributed by atoms with van der Waals surface area (Å²) in [5.74, 6) is -0.753. The van der Waals surface area contributed by atoms with Gasteiger partial charge in [-0.3, -0.25) is 14.4 Å². The number of aromatic nitrogens is 1. The third-order valence-corrected chi connectivity index (χ3v) is 7.04. The lowest BCUT2D eigenvalue weighted by Crippen LogP contribution is -2.40. The van der Waals surface area contributed by atoms with E-state index in [1.807, 2.05) is 17.0 Å². The molecule has 0 unspecified atom stereocenters. The minimum Gasteiger partial charge on any atom is -0.383 e. The molecular weight excluding hydrogens is 500 g/mol. The molecule has 10 heteroatoms. The molecule has 4 rings (SSSR count). The fourth-order valence-corrected chi connectivity index (χ4v) is 4.95. The van der Waals surface area contributed by atoms with E-state index < -0.39 is 5.91 Å². The maximum atomic E-state index is 13.0. The lowest BCUT2D eigenvalue weighted by Gasteiger charge is -2.28. The molecule has 188 valence electrons. The van der Waals surface area contributed by atoms with Crippen LogP contribution in [0.25, 0.3) is 0 Å². The average Bonchev–Trinajstić information content (AvgIpc) is 3.32. The van der Waals surface area contributed by atoms with Crippen LogP contribution in [0.5, 0.6) is 0 Å². The van der Waals surface area contributed by atoms with E-state index >= 15 is 0 Å². The van der Waals surface area contributed by atoms with Crippen molar-refractivity contribution in [1.29, 1.82) is 0 Å². The van der Waals surface area contributed by atoms with E-state index in [0.717, 1.165) is 6.42 Å². The first-order valence-electron chi connectivity index (χ1n) is 11.6. The molecule has 2 heterocycles. The molecule has 0 saturated heterocycles. The number of hydrogen-bond donors (Lipinski definition) is 1. The molecule has 8 nitrogen and oxygen atoms in total. The Labute approximate surface area is 218 Å². The number of halogens is 1. The molecule has 0 saturated carbocycles. The van der Waals surface area contributed by atoms with Crippen molar-refractivity contribution in [2.24, 2.45) is 0 Å². The minimum absolute atomic E-state index is 0.00348. The Hall–Kier alpha value is -3.27. The normalized spacial score (nSPS) is 12.7. The summed E-state index contributed by atoms with van der Waals surface area (Å²) in [4.78, 5) is 46.1. The molecule has 0 atom stereocenters. The minimum atomic E-state index is -0.397. The Morgan fingerprint density at radius 2 is 1.89 bits per heavy atom. The highest BCUT2D eigenvalue weighted by Crippen LogP contribution is 2.21. The highest BCUT2D eigenvalue weighted by Gasteiger charge is 2.23. The van der Waals surface area contributed by atoms with E-state index in [9.17, 15) is 14.4 Å². The summed E-state index contributed by atoms with van der Waals surface area (Å²) in [5.41, 5.74) is 3.38. The van der Waals surface area contributed by atoms with Gasteiger partial charge in [-0.25, -0.2) is 4.98 Å². The lowest BCUT2D eigenvalue weighted by molar-refractivity contribution is -0.131. The van der Waals surface area contributed by atoms with E-state index in [2.05, 4.69) is 22.4 Å². The number of hydrogen-bond acceptors (Lipinski definition) is 6. The third-order valence-electron chi connectivity index (χ3n) is 5.91. The van der Waals surface area contributed by atoms with Crippen molar-refractivity contribution in [1.82, 2.24) is 14.8 Å². The molecular formula is C26H27ClN4O4S. The second kappa shape index (κ2) is 12.1. The molecule has 36 heavy (non-hydrogen) atoms. The van der Waals surface area contributed by atoms with Gasteiger partial charge in [-0.05, 0) is 29.7 Å². The smallest absolute Gasteiger partial charge is 0.255 e. The van der Waals surface area contributed by atoms with Gasteiger partial charge in [0.05, 0.1) is 29.3 Å². The quantitative estimate of drug-likeness (QED) is 0.459. The van der Waals surface area contributed by atoms with Gasteiger partial charge in [0.25, 0.3) is 5.91 Å². The predicted octanol–water partition coefficient (Wildman–Crippen LogP) is 3.65. The first-order valence-corrected chi connectivity index (χ1v) is 12.8. The zero-order valence-corrected chi connectivity index (χ0v) is 21.5. The highest BCUT2D eigenvalue weighted by atomic mass is 35.5. The van der Waals surface area contributed by atoms with Crippen molar-refractivity contribution in [2.45, 2.75) is 19.4 Å². The van der Waals surface area contributed by atoms with Crippen LogP contribution in [0.2, 0.25) is 5.02 Å². The summed E-state index contributed by atoms with van der Waals surface area (Å²) in [7, 11) is 1.53. The van der Waals surface area contributed by atoms with E-state index in [-0.39, 0.29) is 37.9 Å². The van der Waals surface area contributed by atoms with Gasteiger partial charge in [0.15, 0.2) is 5.13 Å². The summed E-state index contributed by atoms with van der Waals surface area (Å²) < 4.78 is 5.09. The van der Waals surface area contributed by atoms with Gasteiger partial charge in [0.1, 0.15) is 6.54 Å². The Morgan fingerprint density at radius 3 is 2.67 bits per heavy atom. The molecule has 0 aliphatic carbocycles. The molecule has 0 radical (unpaired) electrons. The van der Waals surface area contributed by atoms with Gasteiger partial charge in [-0.2, -0.15) is 0 Å². The number of carbonyl (C=O) groups is 3. The van der Waals surface area contributed by atoms with E-state index in [4.69, 9.17) is 16.3 Å². The van der Waals surface area contributed by atoms with Gasteiger partial charge in [0.2, 0.25) is 11.8 Å². The van der Waals surface area contributed by atoms with Crippen molar-refractivity contribution < 1.29 is 19.1 Å². The first kappa shape index (κ1) is 25.8. The zero-order valence-electron chi connectivity index (χ0n) is 19.9. The summed E-state index contributed by atoms with van der Waals surface area (Å²) in [5, 5.41) is 5.19. The number of nitrogens with zero attached hydrogens (tertiary/aromatic N) is 3. The van der Waals surface area contributed by atoms with Crippen LogP contribution in [-0.4, -0.2) is 65.9 Å². The van der Waals surface area contributed by atoms with Crippen LogP contribution in [0.4, 0.5) is 5.13 Å². The summed E-state index contributed by atoms with van der Waals surface area (Å²) in [6, 6.07) is 14.9. The topological polar surface area (TPSA) is 91.8 Å². The van der Waals surface area contributed by atoms with Crippen LogP contribution in [0.15, 0.2) is 53.9 Å². The molecule has 3 aromatic rings. The standard InChI is InChI=1S/C26H27ClN4O4S/c1-35-13-12-31(25(34)21-8-4-5-9-22(21)27)16-23(32)29-26-28-20(17-36-26)14-24(33)30-11-10-18-6-2-3-7-19(18)15-30/h2-9,17H,10-16H2,1H3,(H,28,29,32). The van der Waals surface area contributed by atoms with Gasteiger partial charge < -0.3 is 19.9 Å². The Balaban J connectivity index is 1.34. The highest BCUT2D eigenvalue weighted by molar-refractivity contribution is 7.13. The van der Waals surface area contributed by atoms with E-state index in [0.29, 0.717) is 34.5 Å². The summed E-state index contributed by atoms with van der Waals surface area (Å²) in [6.07, 6.45) is 1.01. The lowest BCUT2D eigenvalue weighted by atomic mass is 10.00. The molecule has 1 aliphatic heterocycles. The van der Waals surface area contributed by atoms with Crippen LogP contribution in [-0.2, 0) is 33.7 Å². The van der Waals surface area contributed by atoms with E-state index in [1.165, 1.54) is 34.5 Å². The largest absolute Gasteiger partial charge is 0.383 e. The number of methoxy groups -OCH3 is 1. The Morgan fingerprint density at radius 1 is 1.14 bits per heavy atom. The Bertz CT molecular complexity index is 1250. The van der Waals surface area contributed by atoms with Crippen molar-refractivity contribution in [2.75, 3.05) is 38.7 Å². The second-order valence-electron chi connectivity index (χ2n) is 8.40. The molecule has 0 bridgehead atoms. The monoisotopic (exact) mass is 526 g/mol. The second-order valence-corrected chi connectivity index (χ2v) is 9.67. The SMILES string of the molecule is COCCN(CC(=O)Nc1nc(CC(=O)N2CCc3ccccc3C2)cs1)C(=O)c1ccccc1Cl. The number of amides is 3.